The summed E-state index contributed by atoms with van der Waals surface area (Å²) in [5.74, 6) is -0.999. The van der Waals surface area contributed by atoms with Crippen LogP contribution in [0.3, 0.4) is 0 Å². The van der Waals surface area contributed by atoms with Gasteiger partial charge >= 0.3 is 5.97 Å². The first-order valence-electron chi connectivity index (χ1n) is 5.35. The molecule has 0 spiro atoms. The maximum Gasteiger partial charge on any atom is 0.319 e. The summed E-state index contributed by atoms with van der Waals surface area (Å²) in [6.07, 6.45) is 1.08. The van der Waals surface area contributed by atoms with E-state index in [1.807, 2.05) is 6.92 Å². The predicted molar refractivity (Wildman–Crippen MR) is 52.0 cm³/mol. The highest BCUT2D eigenvalue weighted by atomic mass is 16.5. The Kier molecular flexibility index (Phi) is 2.34. The topological polar surface area (TPSA) is 63.6 Å². The van der Waals surface area contributed by atoms with Gasteiger partial charge < -0.3 is 9.84 Å². The van der Waals surface area contributed by atoms with E-state index in [1.165, 1.54) is 7.11 Å². The number of ketones is 1. The van der Waals surface area contributed by atoms with Crippen LogP contribution in [0.4, 0.5) is 0 Å². The minimum absolute atomic E-state index is 0.111. The van der Waals surface area contributed by atoms with Crippen LogP contribution in [0.1, 0.15) is 26.2 Å². The van der Waals surface area contributed by atoms with Crippen LogP contribution >= 0.6 is 0 Å². The second-order valence-electron chi connectivity index (χ2n) is 4.68. The molecule has 0 amide bonds. The number of hydrogen-bond donors (Lipinski definition) is 1. The SMILES string of the molecule is COC(=O)[C@@]12CC[C@H](C1=O)[C@@H](O)C[C@H]2C. The molecule has 0 aromatic carbocycles. The Morgan fingerprint density at radius 1 is 1.60 bits per heavy atom. The molecule has 2 bridgehead atoms. The van der Waals surface area contributed by atoms with Gasteiger partial charge in [0.25, 0.3) is 0 Å². The number of ether oxygens (including phenoxy) is 1. The zero-order chi connectivity index (χ0) is 11.2. The summed E-state index contributed by atoms with van der Waals surface area (Å²) in [7, 11) is 1.31. The van der Waals surface area contributed by atoms with E-state index >= 15 is 0 Å². The van der Waals surface area contributed by atoms with Crippen LogP contribution in [0.5, 0.6) is 0 Å². The van der Waals surface area contributed by atoms with Gasteiger partial charge in [0.1, 0.15) is 5.41 Å². The Bertz CT molecular complexity index is 312. The van der Waals surface area contributed by atoms with Gasteiger partial charge in [-0.1, -0.05) is 6.92 Å². The Morgan fingerprint density at radius 2 is 2.27 bits per heavy atom. The quantitative estimate of drug-likeness (QED) is 0.508. The van der Waals surface area contributed by atoms with Crippen molar-refractivity contribution in [2.45, 2.75) is 32.3 Å². The maximum absolute atomic E-state index is 12.1. The van der Waals surface area contributed by atoms with Gasteiger partial charge in [0.2, 0.25) is 0 Å². The second kappa shape index (κ2) is 3.30. The molecule has 0 unspecified atom stereocenters. The molecule has 0 heterocycles. The van der Waals surface area contributed by atoms with Crippen LogP contribution in [0.25, 0.3) is 0 Å². The minimum atomic E-state index is -0.960. The van der Waals surface area contributed by atoms with Crippen LogP contribution in [0, 0.1) is 17.3 Å². The number of carbonyl (C=O) groups excluding carboxylic acids is 2. The van der Waals surface area contributed by atoms with Gasteiger partial charge in [-0.15, -0.1) is 0 Å². The lowest BCUT2D eigenvalue weighted by atomic mass is 9.66. The zero-order valence-corrected chi connectivity index (χ0v) is 9.03. The van der Waals surface area contributed by atoms with Crippen molar-refractivity contribution < 1.29 is 19.4 Å². The number of esters is 1. The number of aliphatic hydroxyl groups excluding tert-OH is 1. The summed E-state index contributed by atoms with van der Waals surface area (Å²) in [6.45, 7) is 1.85. The van der Waals surface area contributed by atoms with Gasteiger partial charge in [-0.05, 0) is 25.2 Å². The first kappa shape index (κ1) is 10.6. The van der Waals surface area contributed by atoms with Crippen molar-refractivity contribution in [2.24, 2.45) is 17.3 Å². The molecular weight excluding hydrogens is 196 g/mol. The fourth-order valence-electron chi connectivity index (χ4n) is 3.14. The third kappa shape index (κ3) is 1.17. The normalized spacial score (nSPS) is 44.2. The third-order valence-electron chi connectivity index (χ3n) is 4.08. The van der Waals surface area contributed by atoms with E-state index in [0.717, 1.165) is 0 Å². The number of methoxy groups -OCH3 is 1. The molecular formula is C11H16O4. The summed E-state index contributed by atoms with van der Waals surface area (Å²) in [6, 6.07) is 0. The Labute approximate surface area is 88.6 Å². The van der Waals surface area contributed by atoms with E-state index in [1.54, 1.807) is 0 Å². The summed E-state index contributed by atoms with van der Waals surface area (Å²) in [4.78, 5) is 23.8. The summed E-state index contributed by atoms with van der Waals surface area (Å²) in [5.41, 5.74) is -0.960. The van der Waals surface area contributed by atoms with E-state index in [2.05, 4.69) is 0 Å². The van der Waals surface area contributed by atoms with E-state index in [4.69, 9.17) is 4.74 Å². The molecule has 15 heavy (non-hydrogen) atoms. The van der Waals surface area contributed by atoms with Gasteiger partial charge in [-0.3, -0.25) is 9.59 Å². The van der Waals surface area contributed by atoms with Gasteiger partial charge in [0.05, 0.1) is 13.2 Å². The largest absolute Gasteiger partial charge is 0.468 e. The lowest BCUT2D eigenvalue weighted by Crippen LogP contribution is -2.50. The highest BCUT2D eigenvalue weighted by Crippen LogP contribution is 2.52. The molecule has 2 fully saturated rings. The smallest absolute Gasteiger partial charge is 0.319 e. The van der Waals surface area contributed by atoms with Gasteiger partial charge in [-0.2, -0.15) is 0 Å². The number of fused-ring (bicyclic) bond motifs is 2. The fraction of sp³-hybridized carbons (Fsp3) is 0.818. The molecule has 2 saturated carbocycles. The predicted octanol–water partition coefficient (Wildman–Crippen LogP) is 0.526. The van der Waals surface area contributed by atoms with Crippen LogP contribution in [-0.2, 0) is 14.3 Å². The molecule has 4 atom stereocenters. The Balaban J connectivity index is 2.40. The highest BCUT2D eigenvalue weighted by molar-refractivity contribution is 6.07. The van der Waals surface area contributed by atoms with Crippen molar-refractivity contribution in [3.8, 4) is 0 Å². The van der Waals surface area contributed by atoms with Gasteiger partial charge in [0, 0.05) is 5.92 Å². The maximum atomic E-state index is 12.1. The Hall–Kier alpha value is -0.900. The van der Waals surface area contributed by atoms with Crippen LogP contribution in [0.2, 0.25) is 0 Å². The van der Waals surface area contributed by atoms with E-state index in [0.29, 0.717) is 19.3 Å². The van der Waals surface area contributed by atoms with Crippen molar-refractivity contribution in [3.05, 3.63) is 0 Å². The molecule has 4 nitrogen and oxygen atoms in total. The molecule has 0 aromatic rings. The average molecular weight is 212 g/mol. The Morgan fingerprint density at radius 3 is 2.87 bits per heavy atom. The number of aliphatic hydroxyl groups is 1. The molecule has 2 rings (SSSR count). The first-order chi connectivity index (χ1) is 7.04. The minimum Gasteiger partial charge on any atom is -0.468 e. The van der Waals surface area contributed by atoms with Crippen molar-refractivity contribution in [2.75, 3.05) is 7.11 Å². The number of Topliss-reactive ketones (excluding diaryl/α,β-unsaturated/α-hetero) is 1. The molecule has 2 aliphatic rings. The number of rotatable bonds is 1. The number of carbonyl (C=O) groups is 2. The molecule has 2 aliphatic carbocycles. The van der Waals surface area contributed by atoms with Crippen LogP contribution < -0.4 is 0 Å². The first-order valence-corrected chi connectivity index (χ1v) is 5.35. The van der Waals surface area contributed by atoms with Crippen molar-refractivity contribution in [1.29, 1.82) is 0 Å². The average Bonchev–Trinajstić information content (AvgIpc) is 2.48. The van der Waals surface area contributed by atoms with Gasteiger partial charge in [-0.25, -0.2) is 0 Å². The summed E-state index contributed by atoms with van der Waals surface area (Å²) in [5, 5.41) is 9.73. The van der Waals surface area contributed by atoms with E-state index in [-0.39, 0.29) is 17.6 Å². The lowest BCUT2D eigenvalue weighted by Gasteiger charge is -2.37. The molecule has 0 saturated heterocycles. The van der Waals surface area contributed by atoms with Gasteiger partial charge in [0.15, 0.2) is 5.78 Å². The molecule has 4 heteroatoms. The van der Waals surface area contributed by atoms with E-state index < -0.39 is 17.5 Å². The van der Waals surface area contributed by atoms with Crippen LogP contribution in [0.15, 0.2) is 0 Å². The van der Waals surface area contributed by atoms with Crippen molar-refractivity contribution in [3.63, 3.8) is 0 Å². The zero-order valence-electron chi connectivity index (χ0n) is 9.03. The monoisotopic (exact) mass is 212 g/mol. The summed E-state index contributed by atoms with van der Waals surface area (Å²) < 4.78 is 4.75. The highest BCUT2D eigenvalue weighted by Gasteiger charge is 2.62. The third-order valence-corrected chi connectivity index (χ3v) is 4.08. The lowest BCUT2D eigenvalue weighted by molar-refractivity contribution is -0.165. The molecule has 0 radical (unpaired) electrons. The van der Waals surface area contributed by atoms with Crippen molar-refractivity contribution in [1.82, 2.24) is 0 Å². The molecule has 1 N–H and O–H groups in total. The van der Waals surface area contributed by atoms with Crippen LogP contribution in [-0.4, -0.2) is 30.1 Å². The molecule has 0 aliphatic heterocycles. The van der Waals surface area contributed by atoms with Crippen molar-refractivity contribution >= 4 is 11.8 Å². The van der Waals surface area contributed by atoms with E-state index in [9.17, 15) is 14.7 Å². The summed E-state index contributed by atoms with van der Waals surface area (Å²) >= 11 is 0. The second-order valence-corrected chi connectivity index (χ2v) is 4.68. The standard InChI is InChI=1S/C11H16O4/c1-6-5-8(12)7-3-4-11(6,9(7)13)10(14)15-2/h6-8,12H,3-5H2,1-2H3/t6-,7+,8+,11-/m1/s1. The number of hydrogen-bond acceptors (Lipinski definition) is 4. The fourth-order valence-corrected chi connectivity index (χ4v) is 3.14. The molecule has 0 aromatic heterocycles. The molecule has 84 valence electrons.